The summed E-state index contributed by atoms with van der Waals surface area (Å²) in [6.07, 6.45) is 3.22. The highest BCUT2D eigenvalue weighted by Gasteiger charge is 2.15. The van der Waals surface area contributed by atoms with E-state index >= 15 is 0 Å². The number of allylic oxidation sites excluding steroid dienone is 1. The molecule has 0 aliphatic rings. The van der Waals surface area contributed by atoms with Crippen molar-refractivity contribution >= 4 is 39.2 Å². The van der Waals surface area contributed by atoms with Gasteiger partial charge in [-0.3, -0.25) is 14.2 Å². The number of nitrogens with zero attached hydrogens (tertiary/aromatic N) is 2. The Balaban J connectivity index is 1.45. The second-order valence-electron chi connectivity index (χ2n) is 6.05. The highest BCUT2D eigenvalue weighted by atomic mass is 32.2. The van der Waals surface area contributed by atoms with E-state index in [1.54, 1.807) is 47.2 Å². The van der Waals surface area contributed by atoms with Gasteiger partial charge >= 0.3 is 0 Å². The maximum Gasteiger partial charge on any atom is 0.287 e. The topological polar surface area (TPSA) is 90.3 Å². The molecule has 4 aromatic heterocycles. The quantitative estimate of drug-likeness (QED) is 0.259. The minimum absolute atomic E-state index is 0.0870. The fourth-order valence-corrected chi connectivity index (χ4v) is 4.42. The lowest BCUT2D eigenvalue weighted by atomic mass is 10.4. The molecular weight excluding hydrogens is 410 g/mol. The third-order valence-electron chi connectivity index (χ3n) is 4.09. The van der Waals surface area contributed by atoms with Crippen molar-refractivity contribution in [2.24, 2.45) is 0 Å². The van der Waals surface area contributed by atoms with Crippen molar-refractivity contribution in [1.82, 2.24) is 14.9 Å². The summed E-state index contributed by atoms with van der Waals surface area (Å²) in [6.45, 7) is 4.38. The molecule has 0 fully saturated rings. The van der Waals surface area contributed by atoms with E-state index in [2.05, 4.69) is 16.9 Å². The molecule has 7 nitrogen and oxygen atoms in total. The molecule has 0 atom stereocenters. The standard InChI is InChI=1S/C20H17N3O4S2/c1-2-8-23-19(25)15-7-10-28-18(15)22-20(23)29-12-14-5-6-16(27-14)17(24)21-11-13-4-3-9-26-13/h2-7,9-10H,1,8,11-12H2,(H,21,24). The number of hydrogen-bond donors (Lipinski definition) is 1. The SMILES string of the molecule is C=CCn1c(SCc2ccc(C(=O)NCc3ccco3)o2)nc2sccc2c1=O. The molecule has 0 aliphatic heterocycles. The van der Waals surface area contributed by atoms with Crippen LogP contribution in [0.25, 0.3) is 10.2 Å². The van der Waals surface area contributed by atoms with Gasteiger partial charge in [-0.1, -0.05) is 17.8 Å². The van der Waals surface area contributed by atoms with E-state index in [9.17, 15) is 9.59 Å². The van der Waals surface area contributed by atoms with Crippen LogP contribution in [0, 0.1) is 0 Å². The number of thiophene rings is 1. The molecule has 4 heterocycles. The van der Waals surface area contributed by atoms with Crippen molar-refractivity contribution in [3.63, 3.8) is 0 Å². The second-order valence-corrected chi connectivity index (χ2v) is 7.89. The van der Waals surface area contributed by atoms with Gasteiger partial charge in [-0.05, 0) is 35.7 Å². The fourth-order valence-electron chi connectivity index (χ4n) is 2.71. The van der Waals surface area contributed by atoms with Gasteiger partial charge in [0.25, 0.3) is 11.5 Å². The van der Waals surface area contributed by atoms with Gasteiger partial charge in [0.1, 0.15) is 16.4 Å². The molecule has 148 valence electrons. The molecule has 4 aromatic rings. The van der Waals surface area contributed by atoms with Crippen LogP contribution in [0.2, 0.25) is 0 Å². The Morgan fingerprint density at radius 2 is 2.21 bits per heavy atom. The van der Waals surface area contributed by atoms with Gasteiger partial charge in [0.2, 0.25) is 0 Å². The molecule has 9 heteroatoms. The summed E-state index contributed by atoms with van der Waals surface area (Å²) in [6, 6.07) is 8.69. The van der Waals surface area contributed by atoms with E-state index in [-0.39, 0.29) is 23.8 Å². The average molecular weight is 428 g/mol. The van der Waals surface area contributed by atoms with Crippen LogP contribution in [0.5, 0.6) is 0 Å². The van der Waals surface area contributed by atoms with Gasteiger partial charge in [-0.2, -0.15) is 0 Å². The first kappa shape index (κ1) is 19.3. The Morgan fingerprint density at radius 1 is 1.31 bits per heavy atom. The van der Waals surface area contributed by atoms with E-state index in [0.29, 0.717) is 39.2 Å². The van der Waals surface area contributed by atoms with Crippen molar-refractivity contribution in [2.45, 2.75) is 24.0 Å². The van der Waals surface area contributed by atoms with E-state index in [1.165, 1.54) is 23.1 Å². The van der Waals surface area contributed by atoms with Crippen molar-refractivity contribution in [1.29, 1.82) is 0 Å². The normalized spacial score (nSPS) is 11.0. The number of hydrogen-bond acceptors (Lipinski definition) is 7. The summed E-state index contributed by atoms with van der Waals surface area (Å²) in [5, 5.41) is 5.79. The third-order valence-corrected chi connectivity index (χ3v) is 5.90. The van der Waals surface area contributed by atoms with Crippen LogP contribution in [0.1, 0.15) is 22.1 Å². The minimum atomic E-state index is -0.320. The van der Waals surface area contributed by atoms with Crippen molar-refractivity contribution in [2.75, 3.05) is 0 Å². The zero-order chi connectivity index (χ0) is 20.2. The number of aromatic nitrogens is 2. The van der Waals surface area contributed by atoms with Gasteiger partial charge in [0, 0.05) is 6.54 Å². The zero-order valence-corrected chi connectivity index (χ0v) is 16.9. The maximum absolute atomic E-state index is 12.7. The summed E-state index contributed by atoms with van der Waals surface area (Å²) >= 11 is 2.81. The Labute approximate surface area is 174 Å². The lowest BCUT2D eigenvalue weighted by molar-refractivity contribution is 0.0919. The number of furan rings is 2. The third kappa shape index (κ3) is 4.20. The van der Waals surface area contributed by atoms with Gasteiger partial charge in [0.15, 0.2) is 10.9 Å². The molecule has 0 bridgehead atoms. The Morgan fingerprint density at radius 3 is 3.00 bits per heavy atom. The molecule has 4 rings (SSSR count). The highest BCUT2D eigenvalue weighted by Crippen LogP contribution is 2.25. The van der Waals surface area contributed by atoms with Crippen molar-refractivity contribution in [3.8, 4) is 0 Å². The number of nitrogens with one attached hydrogen (secondary N) is 1. The molecule has 1 N–H and O–H groups in total. The van der Waals surface area contributed by atoms with Gasteiger partial charge in [0.05, 0.1) is 23.9 Å². The number of fused-ring (bicyclic) bond motifs is 1. The predicted molar refractivity (Wildman–Crippen MR) is 112 cm³/mol. The summed E-state index contributed by atoms with van der Waals surface area (Å²) in [4.78, 5) is 30.2. The van der Waals surface area contributed by atoms with Crippen LogP contribution in [0.15, 0.2) is 73.4 Å². The molecule has 1 amide bonds. The van der Waals surface area contributed by atoms with Crippen molar-refractivity contribution in [3.05, 3.63) is 82.3 Å². The second kappa shape index (κ2) is 8.54. The monoisotopic (exact) mass is 427 g/mol. The Bertz CT molecular complexity index is 1200. The summed E-state index contributed by atoms with van der Waals surface area (Å²) < 4.78 is 12.4. The minimum Gasteiger partial charge on any atom is -0.467 e. The molecule has 0 spiro atoms. The Kier molecular flexibility index (Phi) is 5.68. The molecule has 0 saturated carbocycles. The smallest absolute Gasteiger partial charge is 0.287 e. The zero-order valence-electron chi connectivity index (χ0n) is 15.3. The molecule has 0 unspecified atom stereocenters. The van der Waals surface area contributed by atoms with Crippen LogP contribution in [0.3, 0.4) is 0 Å². The first-order valence-electron chi connectivity index (χ1n) is 8.76. The highest BCUT2D eigenvalue weighted by molar-refractivity contribution is 7.98. The van der Waals surface area contributed by atoms with Crippen LogP contribution in [-0.4, -0.2) is 15.5 Å². The average Bonchev–Trinajstić information content (AvgIpc) is 3.48. The van der Waals surface area contributed by atoms with E-state index < -0.39 is 0 Å². The van der Waals surface area contributed by atoms with Crippen LogP contribution >= 0.6 is 23.1 Å². The first-order valence-corrected chi connectivity index (χ1v) is 10.6. The van der Waals surface area contributed by atoms with E-state index in [4.69, 9.17) is 8.83 Å². The molecule has 0 aliphatic carbocycles. The van der Waals surface area contributed by atoms with Gasteiger partial charge in [-0.15, -0.1) is 17.9 Å². The molecular formula is C20H17N3O4S2. The number of thioether (sulfide) groups is 1. The largest absolute Gasteiger partial charge is 0.467 e. The maximum atomic E-state index is 12.7. The molecule has 0 aromatic carbocycles. The van der Waals surface area contributed by atoms with E-state index in [0.717, 1.165) is 0 Å². The number of rotatable bonds is 8. The van der Waals surface area contributed by atoms with Gasteiger partial charge < -0.3 is 14.2 Å². The molecule has 29 heavy (non-hydrogen) atoms. The number of carbonyl (C=O) groups is 1. The number of carbonyl (C=O) groups excluding carboxylic acids is 1. The summed E-state index contributed by atoms with van der Waals surface area (Å²) in [5.74, 6) is 1.61. The van der Waals surface area contributed by atoms with Gasteiger partial charge in [-0.25, -0.2) is 4.98 Å². The van der Waals surface area contributed by atoms with Crippen molar-refractivity contribution < 1.29 is 13.6 Å². The lowest BCUT2D eigenvalue weighted by Crippen LogP contribution is -2.22. The Hall–Kier alpha value is -3.04. The number of amides is 1. The molecule has 0 saturated heterocycles. The van der Waals surface area contributed by atoms with Crippen LogP contribution < -0.4 is 10.9 Å². The lowest BCUT2D eigenvalue weighted by Gasteiger charge is -2.09. The predicted octanol–water partition coefficient (Wildman–Crippen LogP) is 4.05. The van der Waals surface area contributed by atoms with E-state index in [1.807, 2.05) is 5.38 Å². The molecule has 0 radical (unpaired) electrons. The summed E-state index contributed by atoms with van der Waals surface area (Å²) in [5.41, 5.74) is -0.0870. The fraction of sp³-hybridized carbons (Fsp3) is 0.150. The van der Waals surface area contributed by atoms with Crippen LogP contribution in [0.4, 0.5) is 0 Å². The summed E-state index contributed by atoms with van der Waals surface area (Å²) in [7, 11) is 0. The van der Waals surface area contributed by atoms with Crippen LogP contribution in [-0.2, 0) is 18.8 Å². The first-order chi connectivity index (χ1) is 14.2.